The van der Waals surface area contributed by atoms with E-state index in [2.05, 4.69) is 5.32 Å². The number of ether oxygens (including phenoxy) is 2. The number of methoxy groups -OCH3 is 2. The fourth-order valence-electron chi connectivity index (χ4n) is 3.70. The first-order chi connectivity index (χ1) is 9.24. The topological polar surface area (TPSA) is 47.6 Å². The van der Waals surface area contributed by atoms with Gasteiger partial charge < -0.3 is 14.8 Å². The Labute approximate surface area is 116 Å². The predicted octanol–water partition coefficient (Wildman–Crippen LogP) is 2.33. The maximum absolute atomic E-state index is 12.2. The molecule has 2 aliphatic rings. The molecular formula is C15H27NO3. The lowest BCUT2D eigenvalue weighted by Gasteiger charge is -2.38. The Morgan fingerprint density at radius 1 is 1.11 bits per heavy atom. The molecule has 0 aromatic carbocycles. The molecule has 19 heavy (non-hydrogen) atoms. The first-order valence-electron chi connectivity index (χ1n) is 7.58. The van der Waals surface area contributed by atoms with E-state index in [-0.39, 0.29) is 18.1 Å². The highest BCUT2D eigenvalue weighted by Crippen LogP contribution is 2.42. The highest BCUT2D eigenvalue weighted by Gasteiger charge is 2.34. The van der Waals surface area contributed by atoms with E-state index in [0.29, 0.717) is 6.54 Å². The fourth-order valence-corrected chi connectivity index (χ4v) is 3.70. The second-order valence-corrected chi connectivity index (χ2v) is 5.96. The first kappa shape index (κ1) is 14.8. The van der Waals surface area contributed by atoms with Gasteiger partial charge in [-0.2, -0.15) is 0 Å². The third kappa shape index (κ3) is 3.93. The van der Waals surface area contributed by atoms with Crippen LogP contribution in [0.2, 0.25) is 0 Å². The van der Waals surface area contributed by atoms with Gasteiger partial charge in [0.25, 0.3) is 0 Å². The van der Waals surface area contributed by atoms with Crippen molar-refractivity contribution < 1.29 is 14.3 Å². The number of nitrogens with one attached hydrogen (secondary N) is 1. The van der Waals surface area contributed by atoms with Crippen LogP contribution in [0.5, 0.6) is 0 Å². The molecule has 4 nitrogen and oxygen atoms in total. The van der Waals surface area contributed by atoms with E-state index in [1.807, 2.05) is 0 Å². The van der Waals surface area contributed by atoms with Crippen molar-refractivity contribution in [3.63, 3.8) is 0 Å². The Kier molecular flexibility index (Phi) is 5.64. The molecular weight excluding hydrogens is 242 g/mol. The molecule has 0 saturated heterocycles. The van der Waals surface area contributed by atoms with E-state index >= 15 is 0 Å². The quantitative estimate of drug-likeness (QED) is 0.779. The Balaban J connectivity index is 1.77. The van der Waals surface area contributed by atoms with Crippen LogP contribution in [0.3, 0.4) is 0 Å². The zero-order chi connectivity index (χ0) is 13.7. The van der Waals surface area contributed by atoms with Gasteiger partial charge in [-0.25, -0.2) is 0 Å². The molecule has 3 unspecified atom stereocenters. The monoisotopic (exact) mass is 269 g/mol. The van der Waals surface area contributed by atoms with Crippen molar-refractivity contribution in [2.45, 2.75) is 51.2 Å². The van der Waals surface area contributed by atoms with Crippen LogP contribution in [-0.4, -0.2) is 33.0 Å². The number of carbonyl (C=O) groups is 1. The molecule has 0 aliphatic heterocycles. The van der Waals surface area contributed by atoms with Crippen LogP contribution in [0, 0.1) is 17.8 Å². The fraction of sp³-hybridized carbons (Fsp3) is 0.933. The Morgan fingerprint density at radius 2 is 1.79 bits per heavy atom. The molecule has 1 amide bonds. The van der Waals surface area contributed by atoms with Crippen LogP contribution < -0.4 is 5.32 Å². The Hall–Kier alpha value is -0.610. The summed E-state index contributed by atoms with van der Waals surface area (Å²) in [4.78, 5) is 12.2. The first-order valence-corrected chi connectivity index (χ1v) is 7.58. The summed E-state index contributed by atoms with van der Waals surface area (Å²) in [6, 6.07) is 0. The summed E-state index contributed by atoms with van der Waals surface area (Å²) in [5.74, 6) is 2.07. The molecule has 2 saturated carbocycles. The number of hydrogen-bond donors (Lipinski definition) is 1. The average molecular weight is 269 g/mol. The second-order valence-electron chi connectivity index (χ2n) is 5.96. The smallest absolute Gasteiger partial charge is 0.223 e. The van der Waals surface area contributed by atoms with Crippen molar-refractivity contribution in [1.82, 2.24) is 5.32 Å². The van der Waals surface area contributed by atoms with Crippen molar-refractivity contribution in [3.8, 4) is 0 Å². The van der Waals surface area contributed by atoms with E-state index in [1.165, 1.54) is 32.1 Å². The molecule has 4 heteroatoms. The number of amides is 1. The summed E-state index contributed by atoms with van der Waals surface area (Å²) >= 11 is 0. The van der Waals surface area contributed by atoms with Gasteiger partial charge in [0, 0.05) is 20.1 Å². The molecule has 1 N–H and O–H groups in total. The molecule has 110 valence electrons. The molecule has 0 aromatic heterocycles. The maximum Gasteiger partial charge on any atom is 0.223 e. The van der Waals surface area contributed by atoms with Gasteiger partial charge in [0.2, 0.25) is 5.91 Å². The van der Waals surface area contributed by atoms with E-state index in [1.54, 1.807) is 14.2 Å². The van der Waals surface area contributed by atoms with Gasteiger partial charge in [-0.15, -0.1) is 0 Å². The van der Waals surface area contributed by atoms with Crippen molar-refractivity contribution in [2.24, 2.45) is 17.8 Å². The number of fused-ring (bicyclic) bond motifs is 1. The van der Waals surface area contributed by atoms with Crippen LogP contribution in [0.15, 0.2) is 0 Å². The molecule has 2 fully saturated rings. The van der Waals surface area contributed by atoms with Crippen molar-refractivity contribution in [1.29, 1.82) is 0 Å². The van der Waals surface area contributed by atoms with Gasteiger partial charge in [-0.3, -0.25) is 4.79 Å². The molecule has 0 aromatic rings. The average Bonchev–Trinajstić information content (AvgIpc) is 2.47. The molecule has 0 heterocycles. The van der Waals surface area contributed by atoms with Gasteiger partial charge in [-0.05, 0) is 31.1 Å². The van der Waals surface area contributed by atoms with Crippen molar-refractivity contribution in [2.75, 3.05) is 20.8 Å². The molecule has 2 rings (SSSR count). The normalized spacial score (nSPS) is 31.0. The van der Waals surface area contributed by atoms with Gasteiger partial charge in [0.05, 0.1) is 6.54 Å². The molecule has 2 aliphatic carbocycles. The molecule has 0 bridgehead atoms. The van der Waals surface area contributed by atoms with E-state index in [9.17, 15) is 4.79 Å². The van der Waals surface area contributed by atoms with Crippen LogP contribution in [0.1, 0.15) is 44.9 Å². The third-order valence-electron chi connectivity index (χ3n) is 4.88. The van der Waals surface area contributed by atoms with Crippen LogP contribution >= 0.6 is 0 Å². The lowest BCUT2D eigenvalue weighted by Crippen LogP contribution is -2.41. The Bertz CT molecular complexity index is 291. The van der Waals surface area contributed by atoms with E-state index in [4.69, 9.17) is 9.47 Å². The van der Waals surface area contributed by atoms with Crippen molar-refractivity contribution in [3.05, 3.63) is 0 Å². The summed E-state index contributed by atoms with van der Waals surface area (Å²) < 4.78 is 10.2. The summed E-state index contributed by atoms with van der Waals surface area (Å²) in [7, 11) is 3.18. The van der Waals surface area contributed by atoms with Gasteiger partial charge in [0.1, 0.15) is 0 Å². The minimum absolute atomic E-state index is 0.183. The minimum atomic E-state index is -0.338. The summed E-state index contributed by atoms with van der Waals surface area (Å²) in [6.45, 7) is 0.441. The SMILES string of the molecule is COC(CNC(=O)C1CCC2CCCCC2C1)OC. The number of rotatable bonds is 5. The molecule has 3 atom stereocenters. The van der Waals surface area contributed by atoms with Crippen molar-refractivity contribution >= 4 is 5.91 Å². The standard InChI is InChI=1S/C15H27NO3/c1-18-14(19-2)10-16-15(17)13-8-7-11-5-3-4-6-12(11)9-13/h11-14H,3-10H2,1-2H3,(H,16,17). The van der Waals surface area contributed by atoms with Crippen LogP contribution in [0.4, 0.5) is 0 Å². The largest absolute Gasteiger partial charge is 0.354 e. The summed E-state index contributed by atoms with van der Waals surface area (Å²) in [5, 5.41) is 2.96. The summed E-state index contributed by atoms with van der Waals surface area (Å²) in [5.41, 5.74) is 0. The summed E-state index contributed by atoms with van der Waals surface area (Å²) in [6.07, 6.45) is 8.49. The van der Waals surface area contributed by atoms with E-state index < -0.39 is 0 Å². The van der Waals surface area contributed by atoms with E-state index in [0.717, 1.165) is 24.7 Å². The second kappa shape index (κ2) is 7.25. The highest BCUT2D eigenvalue weighted by atomic mass is 16.7. The minimum Gasteiger partial charge on any atom is -0.354 e. The van der Waals surface area contributed by atoms with Gasteiger partial charge in [0.15, 0.2) is 6.29 Å². The van der Waals surface area contributed by atoms with Gasteiger partial charge in [-0.1, -0.05) is 25.7 Å². The predicted molar refractivity (Wildman–Crippen MR) is 73.6 cm³/mol. The lowest BCUT2D eigenvalue weighted by molar-refractivity contribution is -0.132. The number of carbonyl (C=O) groups excluding carboxylic acids is 1. The zero-order valence-electron chi connectivity index (χ0n) is 12.2. The lowest BCUT2D eigenvalue weighted by atomic mass is 9.67. The van der Waals surface area contributed by atoms with Crippen LogP contribution in [-0.2, 0) is 14.3 Å². The highest BCUT2D eigenvalue weighted by molar-refractivity contribution is 5.78. The zero-order valence-corrected chi connectivity index (χ0v) is 12.2. The number of hydrogen-bond acceptors (Lipinski definition) is 3. The third-order valence-corrected chi connectivity index (χ3v) is 4.88. The maximum atomic E-state index is 12.2. The van der Waals surface area contributed by atoms with Crippen LogP contribution in [0.25, 0.3) is 0 Å². The molecule has 0 radical (unpaired) electrons. The van der Waals surface area contributed by atoms with Gasteiger partial charge >= 0.3 is 0 Å². The Morgan fingerprint density at radius 3 is 2.47 bits per heavy atom. The molecule has 0 spiro atoms.